The number of carboxylic acid groups (broad SMARTS) is 1. The molecule has 5 nitrogen and oxygen atoms in total. The minimum absolute atomic E-state index is 0.416. The lowest BCUT2D eigenvalue weighted by molar-refractivity contribution is -0.155. The zero-order chi connectivity index (χ0) is 10.6. The fourth-order valence-electron chi connectivity index (χ4n) is 1.77. The molecule has 0 amide bonds. The molecule has 80 valence electrons. The summed E-state index contributed by atoms with van der Waals surface area (Å²) < 4.78 is 4.60. The highest BCUT2D eigenvalue weighted by Crippen LogP contribution is 2.22. The van der Waals surface area contributed by atoms with Crippen LogP contribution in [0.2, 0.25) is 0 Å². The lowest BCUT2D eigenvalue weighted by Gasteiger charge is -2.17. The predicted molar refractivity (Wildman–Crippen MR) is 48.7 cm³/mol. The van der Waals surface area contributed by atoms with Crippen LogP contribution in [0, 0.1) is 11.8 Å². The van der Waals surface area contributed by atoms with Crippen LogP contribution >= 0.6 is 0 Å². The standard InChI is InChI=1S/C9H15NO4/c1-14-9(13)7-3-5-10-4-2-6(7)8(11)12/h6-7,10H,2-5H2,1H3,(H,11,12)/t6-,7-/m1/s1. The molecule has 14 heavy (non-hydrogen) atoms. The van der Waals surface area contributed by atoms with E-state index in [1.165, 1.54) is 7.11 Å². The lowest BCUT2D eigenvalue weighted by Crippen LogP contribution is -2.30. The van der Waals surface area contributed by atoms with Gasteiger partial charge in [-0.1, -0.05) is 0 Å². The number of hydrogen-bond acceptors (Lipinski definition) is 4. The molecular formula is C9H15NO4. The third-order valence-corrected chi connectivity index (χ3v) is 2.57. The van der Waals surface area contributed by atoms with Gasteiger partial charge >= 0.3 is 11.9 Å². The van der Waals surface area contributed by atoms with Crippen LogP contribution in [0.5, 0.6) is 0 Å². The summed E-state index contributed by atoms with van der Waals surface area (Å²) in [6, 6.07) is 0. The van der Waals surface area contributed by atoms with Crippen molar-refractivity contribution in [1.82, 2.24) is 5.32 Å². The molecule has 2 atom stereocenters. The molecular weight excluding hydrogens is 186 g/mol. The molecule has 1 rings (SSSR count). The van der Waals surface area contributed by atoms with Gasteiger partial charge in [0.1, 0.15) is 0 Å². The minimum Gasteiger partial charge on any atom is -0.481 e. The van der Waals surface area contributed by atoms with Crippen molar-refractivity contribution < 1.29 is 19.4 Å². The highest BCUT2D eigenvalue weighted by Gasteiger charge is 2.35. The van der Waals surface area contributed by atoms with Gasteiger partial charge in [0.05, 0.1) is 18.9 Å². The molecule has 0 spiro atoms. The Bertz CT molecular complexity index is 229. The summed E-state index contributed by atoms with van der Waals surface area (Å²) in [5, 5.41) is 12.0. The van der Waals surface area contributed by atoms with Crippen LogP contribution in [0.1, 0.15) is 12.8 Å². The monoisotopic (exact) mass is 201 g/mol. The SMILES string of the molecule is COC(=O)[C@@H]1CCNCC[C@H]1C(=O)O. The predicted octanol–water partition coefficient (Wildman–Crippen LogP) is -0.140. The van der Waals surface area contributed by atoms with Gasteiger partial charge in [-0.05, 0) is 25.9 Å². The number of esters is 1. The van der Waals surface area contributed by atoms with Crippen molar-refractivity contribution >= 4 is 11.9 Å². The molecule has 0 aromatic carbocycles. The van der Waals surface area contributed by atoms with Crippen LogP contribution in [0.3, 0.4) is 0 Å². The molecule has 5 heteroatoms. The van der Waals surface area contributed by atoms with E-state index in [9.17, 15) is 9.59 Å². The third-order valence-electron chi connectivity index (χ3n) is 2.57. The molecule has 1 fully saturated rings. The molecule has 1 saturated heterocycles. The summed E-state index contributed by atoms with van der Waals surface area (Å²) in [5.74, 6) is -2.45. The Kier molecular flexibility index (Phi) is 3.88. The highest BCUT2D eigenvalue weighted by atomic mass is 16.5. The molecule has 1 heterocycles. The molecule has 1 aliphatic heterocycles. The first-order chi connectivity index (χ1) is 6.66. The first-order valence-electron chi connectivity index (χ1n) is 4.68. The molecule has 0 unspecified atom stereocenters. The van der Waals surface area contributed by atoms with E-state index in [0.717, 1.165) is 0 Å². The van der Waals surface area contributed by atoms with Gasteiger partial charge in [0, 0.05) is 0 Å². The van der Waals surface area contributed by atoms with Crippen LogP contribution in [0.4, 0.5) is 0 Å². The Morgan fingerprint density at radius 3 is 2.36 bits per heavy atom. The third kappa shape index (κ3) is 2.45. The normalized spacial score (nSPS) is 27.8. The van der Waals surface area contributed by atoms with Crippen molar-refractivity contribution in [2.75, 3.05) is 20.2 Å². The maximum absolute atomic E-state index is 11.3. The van der Waals surface area contributed by atoms with Crippen LogP contribution in [-0.4, -0.2) is 37.2 Å². The Morgan fingerprint density at radius 2 is 1.86 bits per heavy atom. The maximum atomic E-state index is 11.3. The van der Waals surface area contributed by atoms with Crippen molar-refractivity contribution in [1.29, 1.82) is 0 Å². The molecule has 0 radical (unpaired) electrons. The fourth-order valence-corrected chi connectivity index (χ4v) is 1.77. The second-order valence-corrected chi connectivity index (χ2v) is 3.40. The number of hydrogen-bond donors (Lipinski definition) is 2. The maximum Gasteiger partial charge on any atom is 0.309 e. The van der Waals surface area contributed by atoms with Crippen LogP contribution in [0.25, 0.3) is 0 Å². The first kappa shape index (κ1) is 11.0. The van der Waals surface area contributed by atoms with E-state index >= 15 is 0 Å². The molecule has 2 N–H and O–H groups in total. The average Bonchev–Trinajstić information content (AvgIpc) is 2.41. The van der Waals surface area contributed by atoms with Crippen molar-refractivity contribution in [3.63, 3.8) is 0 Å². The number of aliphatic carboxylic acids is 1. The van der Waals surface area contributed by atoms with Gasteiger partial charge in [0.25, 0.3) is 0 Å². The van der Waals surface area contributed by atoms with Gasteiger partial charge in [-0.3, -0.25) is 9.59 Å². The fraction of sp³-hybridized carbons (Fsp3) is 0.778. The summed E-state index contributed by atoms with van der Waals surface area (Å²) in [7, 11) is 1.29. The average molecular weight is 201 g/mol. The van der Waals surface area contributed by atoms with E-state index in [2.05, 4.69) is 10.1 Å². The van der Waals surface area contributed by atoms with Gasteiger partial charge in [0.2, 0.25) is 0 Å². The number of rotatable bonds is 2. The summed E-state index contributed by atoms with van der Waals surface area (Å²) in [5.41, 5.74) is 0. The Morgan fingerprint density at radius 1 is 1.29 bits per heavy atom. The quantitative estimate of drug-likeness (QED) is 0.608. The Labute approximate surface area is 82.4 Å². The number of methoxy groups -OCH3 is 1. The molecule has 0 bridgehead atoms. The number of carbonyl (C=O) groups excluding carboxylic acids is 1. The number of carboxylic acids is 1. The number of ether oxygens (including phenoxy) is 1. The number of nitrogens with one attached hydrogen (secondary N) is 1. The van der Waals surface area contributed by atoms with Crippen molar-refractivity contribution in [3.05, 3.63) is 0 Å². The van der Waals surface area contributed by atoms with Crippen molar-refractivity contribution in [2.24, 2.45) is 11.8 Å². The van der Waals surface area contributed by atoms with E-state index < -0.39 is 23.8 Å². The largest absolute Gasteiger partial charge is 0.481 e. The Hall–Kier alpha value is -1.10. The lowest BCUT2D eigenvalue weighted by atomic mass is 9.88. The topological polar surface area (TPSA) is 75.6 Å². The minimum atomic E-state index is -0.913. The van der Waals surface area contributed by atoms with Crippen LogP contribution < -0.4 is 5.32 Å². The van der Waals surface area contributed by atoms with Crippen LogP contribution in [-0.2, 0) is 14.3 Å². The van der Waals surface area contributed by atoms with E-state index in [1.54, 1.807) is 0 Å². The summed E-state index contributed by atoms with van der Waals surface area (Å²) in [6.07, 6.45) is 1.01. The number of carbonyl (C=O) groups is 2. The van der Waals surface area contributed by atoms with E-state index in [-0.39, 0.29) is 0 Å². The van der Waals surface area contributed by atoms with Crippen LogP contribution in [0.15, 0.2) is 0 Å². The molecule has 0 aliphatic carbocycles. The van der Waals surface area contributed by atoms with E-state index in [4.69, 9.17) is 5.11 Å². The van der Waals surface area contributed by atoms with E-state index in [1.807, 2.05) is 0 Å². The second-order valence-electron chi connectivity index (χ2n) is 3.40. The van der Waals surface area contributed by atoms with Crippen molar-refractivity contribution in [3.8, 4) is 0 Å². The van der Waals surface area contributed by atoms with Gasteiger partial charge in [-0.25, -0.2) is 0 Å². The summed E-state index contributed by atoms with van der Waals surface area (Å²) in [6.45, 7) is 1.31. The van der Waals surface area contributed by atoms with Gasteiger partial charge < -0.3 is 15.2 Å². The first-order valence-corrected chi connectivity index (χ1v) is 4.68. The van der Waals surface area contributed by atoms with Gasteiger partial charge in [-0.15, -0.1) is 0 Å². The molecule has 0 saturated carbocycles. The summed E-state index contributed by atoms with van der Waals surface area (Å²) >= 11 is 0. The van der Waals surface area contributed by atoms with Crippen molar-refractivity contribution in [2.45, 2.75) is 12.8 Å². The summed E-state index contributed by atoms with van der Waals surface area (Å²) in [4.78, 5) is 22.2. The Balaban J connectivity index is 2.73. The molecule has 0 aromatic heterocycles. The molecule has 0 aromatic rings. The zero-order valence-electron chi connectivity index (χ0n) is 8.16. The molecule has 1 aliphatic rings. The van der Waals surface area contributed by atoms with Gasteiger partial charge in [-0.2, -0.15) is 0 Å². The highest BCUT2D eigenvalue weighted by molar-refractivity contribution is 5.81. The van der Waals surface area contributed by atoms with Gasteiger partial charge in [0.15, 0.2) is 0 Å². The smallest absolute Gasteiger partial charge is 0.309 e. The zero-order valence-corrected chi connectivity index (χ0v) is 8.16. The van der Waals surface area contributed by atoms with E-state index in [0.29, 0.717) is 25.9 Å². The second kappa shape index (κ2) is 4.95.